The van der Waals surface area contributed by atoms with Crippen molar-refractivity contribution in [3.8, 4) is 0 Å². The van der Waals surface area contributed by atoms with Gasteiger partial charge < -0.3 is 11.1 Å². The summed E-state index contributed by atoms with van der Waals surface area (Å²) in [6.07, 6.45) is 15.8. The number of unbranched alkanes of at least 4 members (excludes halogenated alkanes) is 1. The lowest BCUT2D eigenvalue weighted by Gasteiger charge is -2.25. The second kappa shape index (κ2) is 11.4. The highest BCUT2D eigenvalue weighted by molar-refractivity contribution is 6.48. The summed E-state index contributed by atoms with van der Waals surface area (Å²) in [5.41, 5.74) is 5.56. The lowest BCUT2D eigenvalue weighted by atomic mass is 9.98. The third-order valence-corrected chi connectivity index (χ3v) is 5.32. The van der Waals surface area contributed by atoms with Gasteiger partial charge in [-0.2, -0.15) is 0 Å². The first-order valence-electron chi connectivity index (χ1n) is 10.4. The Bertz CT molecular complexity index is 1070. The summed E-state index contributed by atoms with van der Waals surface area (Å²) in [6, 6.07) is -0.830. The Morgan fingerprint density at radius 2 is 2.06 bits per heavy atom. The van der Waals surface area contributed by atoms with Crippen molar-refractivity contribution in [2.24, 2.45) is 0 Å². The van der Waals surface area contributed by atoms with Gasteiger partial charge in [-0.3, -0.25) is 23.7 Å². The molecule has 1 aromatic heterocycles. The zero-order valence-electron chi connectivity index (χ0n) is 17.8. The third kappa shape index (κ3) is 5.50. The summed E-state index contributed by atoms with van der Waals surface area (Å²) >= 11 is 0. The monoisotopic (exact) mass is 458 g/mol. The molecular weight excluding hydrogens is 432 g/mol. The van der Waals surface area contributed by atoms with E-state index in [-0.39, 0.29) is 36.1 Å². The van der Waals surface area contributed by atoms with Gasteiger partial charge in [0.2, 0.25) is 17.5 Å². The number of Topliss-reactive ketones (excluding diaryl/α,β-unsaturated/α-hetero) is 1. The molecule has 2 unspecified atom stereocenters. The largest absolute Gasteiger partial charge is 0.393 e. The van der Waals surface area contributed by atoms with E-state index in [1.54, 1.807) is 0 Å². The van der Waals surface area contributed by atoms with Crippen molar-refractivity contribution in [2.45, 2.75) is 44.6 Å². The number of allylic oxidation sites excluding steroid dienone is 7. The number of halogens is 1. The molecule has 1 aromatic rings. The van der Waals surface area contributed by atoms with Gasteiger partial charge in [0.25, 0.3) is 5.56 Å². The van der Waals surface area contributed by atoms with Crippen LogP contribution in [0.4, 0.5) is 5.69 Å². The molecule has 1 amide bonds. The summed E-state index contributed by atoms with van der Waals surface area (Å²) in [5.74, 6) is -1.36. The number of anilines is 1. The van der Waals surface area contributed by atoms with E-state index in [4.69, 9.17) is 5.73 Å². The second-order valence-electron chi connectivity index (χ2n) is 7.52. The van der Waals surface area contributed by atoms with Crippen LogP contribution in [0.1, 0.15) is 50.4 Å². The van der Waals surface area contributed by atoms with Crippen LogP contribution < -0.4 is 16.6 Å². The van der Waals surface area contributed by atoms with E-state index < -0.39 is 29.1 Å². The number of rotatable bonds is 8. The molecule has 32 heavy (non-hydrogen) atoms. The summed E-state index contributed by atoms with van der Waals surface area (Å²) in [4.78, 5) is 54.1. The van der Waals surface area contributed by atoms with Crippen LogP contribution in [0.2, 0.25) is 0 Å². The van der Waals surface area contributed by atoms with Crippen molar-refractivity contribution in [3.05, 3.63) is 70.5 Å². The van der Waals surface area contributed by atoms with Gasteiger partial charge in [-0.1, -0.05) is 56.2 Å². The molecule has 8 nitrogen and oxygen atoms in total. The SMILES string of the molecule is CCCCC(C(=O)NCC1=CC=CC(=O)C1=O)n1c(C2C=CC=CC2)ncc(N)c1=O.Cl. The minimum absolute atomic E-state index is 0. The van der Waals surface area contributed by atoms with Crippen LogP contribution in [0.3, 0.4) is 0 Å². The number of hydrogen-bond donors (Lipinski definition) is 2. The summed E-state index contributed by atoms with van der Waals surface area (Å²) in [7, 11) is 0. The van der Waals surface area contributed by atoms with E-state index in [0.717, 1.165) is 6.42 Å². The number of nitrogens with one attached hydrogen (secondary N) is 1. The lowest BCUT2D eigenvalue weighted by Crippen LogP contribution is -2.41. The van der Waals surface area contributed by atoms with Crippen molar-refractivity contribution >= 4 is 35.6 Å². The van der Waals surface area contributed by atoms with Crippen molar-refractivity contribution in [1.82, 2.24) is 14.9 Å². The van der Waals surface area contributed by atoms with Crippen LogP contribution in [-0.4, -0.2) is 33.6 Å². The molecule has 0 bridgehead atoms. The van der Waals surface area contributed by atoms with Gasteiger partial charge in [-0.05, 0) is 18.9 Å². The van der Waals surface area contributed by atoms with Crippen LogP contribution in [-0.2, 0) is 14.4 Å². The number of carbonyl (C=O) groups excluding carboxylic acids is 3. The summed E-state index contributed by atoms with van der Waals surface area (Å²) in [5, 5.41) is 2.71. The van der Waals surface area contributed by atoms with Crippen molar-refractivity contribution in [3.63, 3.8) is 0 Å². The average molecular weight is 459 g/mol. The van der Waals surface area contributed by atoms with Crippen LogP contribution in [0, 0.1) is 0 Å². The molecule has 2 aliphatic rings. The second-order valence-corrected chi connectivity index (χ2v) is 7.52. The van der Waals surface area contributed by atoms with E-state index in [0.29, 0.717) is 25.1 Å². The topological polar surface area (TPSA) is 124 Å². The van der Waals surface area contributed by atoms with Crippen molar-refractivity contribution in [2.75, 3.05) is 12.3 Å². The maximum absolute atomic E-state index is 13.2. The number of hydrogen-bond acceptors (Lipinski definition) is 6. The smallest absolute Gasteiger partial charge is 0.277 e. The maximum Gasteiger partial charge on any atom is 0.277 e. The van der Waals surface area contributed by atoms with E-state index in [2.05, 4.69) is 10.3 Å². The molecule has 0 fully saturated rings. The Labute approximate surface area is 192 Å². The Balaban J connectivity index is 0.00000363. The van der Waals surface area contributed by atoms with Crippen LogP contribution in [0.5, 0.6) is 0 Å². The van der Waals surface area contributed by atoms with Gasteiger partial charge in [0.05, 0.1) is 6.20 Å². The van der Waals surface area contributed by atoms with E-state index in [9.17, 15) is 19.2 Å². The zero-order chi connectivity index (χ0) is 22.4. The van der Waals surface area contributed by atoms with Crippen LogP contribution in [0.15, 0.2) is 59.1 Å². The van der Waals surface area contributed by atoms with Crippen molar-refractivity contribution in [1.29, 1.82) is 0 Å². The molecule has 0 spiro atoms. The van der Waals surface area contributed by atoms with Gasteiger partial charge in [0.1, 0.15) is 17.6 Å². The highest BCUT2D eigenvalue weighted by atomic mass is 35.5. The fourth-order valence-electron chi connectivity index (χ4n) is 3.62. The quantitative estimate of drug-likeness (QED) is 0.455. The molecule has 0 aromatic carbocycles. The molecular formula is C23H27ClN4O4. The first-order valence-corrected chi connectivity index (χ1v) is 10.4. The lowest BCUT2D eigenvalue weighted by molar-refractivity contribution is -0.131. The minimum Gasteiger partial charge on any atom is -0.393 e. The number of aromatic nitrogens is 2. The van der Waals surface area contributed by atoms with Crippen LogP contribution in [0.25, 0.3) is 0 Å². The van der Waals surface area contributed by atoms with E-state index in [1.165, 1.54) is 29.0 Å². The van der Waals surface area contributed by atoms with E-state index in [1.807, 2.05) is 31.2 Å². The first kappa shape index (κ1) is 25.0. The molecule has 3 N–H and O–H groups in total. The molecule has 3 rings (SSSR count). The molecule has 0 saturated heterocycles. The molecule has 0 radical (unpaired) electrons. The van der Waals surface area contributed by atoms with E-state index >= 15 is 0 Å². The predicted octanol–water partition coefficient (Wildman–Crippen LogP) is 2.33. The average Bonchev–Trinajstić information content (AvgIpc) is 2.78. The van der Waals surface area contributed by atoms with Crippen molar-refractivity contribution < 1.29 is 14.4 Å². The fourth-order valence-corrected chi connectivity index (χ4v) is 3.62. The number of nitrogen functional groups attached to an aromatic ring is 1. The fraction of sp³-hybridized carbons (Fsp3) is 0.348. The highest BCUT2D eigenvalue weighted by Gasteiger charge is 2.28. The number of nitrogens with two attached hydrogens (primary N) is 1. The van der Waals surface area contributed by atoms with Crippen LogP contribution >= 0.6 is 12.4 Å². The standard InChI is InChI=1S/C23H26N4O4.ClH/c1-2-3-11-18(22(30)26-13-16-10-7-12-19(28)20(16)29)27-21(15-8-5-4-6-9-15)25-14-17(24)23(27)31;/h4-8,10,12,14-15,18H,2-3,9,11,13,24H2,1H3,(H,26,30);1H. The zero-order valence-corrected chi connectivity index (χ0v) is 18.6. The molecule has 1 heterocycles. The third-order valence-electron chi connectivity index (χ3n) is 5.32. The Hall–Kier alpha value is -3.26. The molecule has 9 heteroatoms. The predicted molar refractivity (Wildman–Crippen MR) is 125 cm³/mol. The normalized spacial score (nSPS) is 18.2. The number of carbonyl (C=O) groups is 3. The Morgan fingerprint density at radius 3 is 2.75 bits per heavy atom. The summed E-state index contributed by atoms with van der Waals surface area (Å²) in [6.45, 7) is 1.90. The molecule has 170 valence electrons. The van der Waals surface area contributed by atoms with Gasteiger partial charge in [0, 0.05) is 18.0 Å². The van der Waals surface area contributed by atoms with Gasteiger partial charge in [-0.15, -0.1) is 12.4 Å². The van der Waals surface area contributed by atoms with Gasteiger partial charge in [0.15, 0.2) is 0 Å². The Morgan fingerprint density at radius 1 is 1.28 bits per heavy atom. The van der Waals surface area contributed by atoms with Gasteiger partial charge in [-0.25, -0.2) is 4.98 Å². The molecule has 0 saturated carbocycles. The highest BCUT2D eigenvalue weighted by Crippen LogP contribution is 2.26. The number of nitrogens with zero attached hydrogens (tertiary/aromatic N) is 2. The molecule has 0 aliphatic heterocycles. The maximum atomic E-state index is 13.2. The molecule has 2 aliphatic carbocycles. The minimum atomic E-state index is -0.830. The molecule has 2 atom stereocenters. The number of ketones is 2. The first-order chi connectivity index (χ1) is 14.9. The van der Waals surface area contributed by atoms with Gasteiger partial charge >= 0.3 is 0 Å². The number of amides is 1. The Kier molecular flexibility index (Phi) is 8.90. The summed E-state index contributed by atoms with van der Waals surface area (Å²) < 4.78 is 1.39.